The number of hydrogen-bond acceptors (Lipinski definition) is 6. The lowest BCUT2D eigenvalue weighted by molar-refractivity contribution is -0.128. The Hall–Kier alpha value is -3.29. The number of hydrogen-bond donors (Lipinski definition) is 1. The molecule has 202 valence electrons. The maximum Gasteiger partial charge on any atom is 0.230 e. The quantitative estimate of drug-likeness (QED) is 0.566. The number of anilines is 1. The first-order chi connectivity index (χ1) is 18.5. The van der Waals surface area contributed by atoms with Crippen LogP contribution in [0.1, 0.15) is 30.4 Å². The number of likely N-dealkylation sites (N-methyl/N-ethyl adjacent to an activating group) is 1. The smallest absolute Gasteiger partial charge is 0.230 e. The minimum absolute atomic E-state index is 0.150. The van der Waals surface area contributed by atoms with Crippen LogP contribution in [0.15, 0.2) is 71.6 Å². The van der Waals surface area contributed by atoms with Gasteiger partial charge >= 0.3 is 0 Å². The monoisotopic (exact) mass is 516 g/mol. The molecule has 2 aromatic carbocycles. The minimum Gasteiger partial charge on any atom is -0.501 e. The maximum absolute atomic E-state index is 13.4. The van der Waals surface area contributed by atoms with Gasteiger partial charge in [0.15, 0.2) is 0 Å². The van der Waals surface area contributed by atoms with Gasteiger partial charge in [-0.05, 0) is 66.4 Å². The first-order valence-electron chi connectivity index (χ1n) is 13.7. The summed E-state index contributed by atoms with van der Waals surface area (Å²) in [7, 11) is 5.65. The topological polar surface area (TPSA) is 57.3 Å². The summed E-state index contributed by atoms with van der Waals surface area (Å²) in [5, 5.41) is 3.45. The number of ether oxygens (including phenoxy) is 2. The lowest BCUT2D eigenvalue weighted by Gasteiger charge is -2.43. The fraction of sp³-hybridized carbons (Fsp3) is 0.452. The van der Waals surface area contributed by atoms with E-state index < -0.39 is 0 Å². The van der Waals surface area contributed by atoms with Crippen LogP contribution in [0.2, 0.25) is 0 Å². The number of benzene rings is 2. The molecule has 1 atom stereocenters. The van der Waals surface area contributed by atoms with Crippen molar-refractivity contribution in [3.8, 4) is 5.75 Å². The molecule has 0 spiro atoms. The van der Waals surface area contributed by atoms with Gasteiger partial charge in [-0.15, -0.1) is 0 Å². The average molecular weight is 517 g/mol. The van der Waals surface area contributed by atoms with E-state index in [1.54, 1.807) is 14.2 Å². The summed E-state index contributed by atoms with van der Waals surface area (Å²) < 4.78 is 11.0. The Morgan fingerprint density at radius 2 is 1.61 bits per heavy atom. The normalized spacial score (nSPS) is 20.6. The molecule has 1 N–H and O–H groups in total. The maximum atomic E-state index is 13.4. The highest BCUT2D eigenvalue weighted by Gasteiger charge is 2.35. The molecule has 7 heteroatoms. The van der Waals surface area contributed by atoms with Gasteiger partial charge in [0.1, 0.15) is 5.75 Å². The molecule has 2 heterocycles. The third-order valence-corrected chi connectivity index (χ3v) is 8.10. The van der Waals surface area contributed by atoms with Crippen LogP contribution in [0.5, 0.6) is 5.75 Å². The average Bonchev–Trinajstić information content (AvgIpc) is 2.96. The molecule has 0 radical (unpaired) electrons. The van der Waals surface area contributed by atoms with Crippen molar-refractivity contribution in [1.82, 2.24) is 14.7 Å². The Morgan fingerprint density at radius 3 is 2.29 bits per heavy atom. The minimum atomic E-state index is 0.150. The number of carbonyl (C=O) groups is 1. The molecule has 1 aliphatic carbocycles. The van der Waals surface area contributed by atoms with Crippen molar-refractivity contribution >= 4 is 11.6 Å². The number of rotatable bonds is 8. The van der Waals surface area contributed by atoms with E-state index in [-0.39, 0.29) is 5.91 Å². The molecule has 1 amide bonds. The summed E-state index contributed by atoms with van der Waals surface area (Å²) in [5.41, 5.74) is 5.86. The zero-order chi connectivity index (χ0) is 26.5. The van der Waals surface area contributed by atoms with Crippen molar-refractivity contribution in [2.24, 2.45) is 0 Å². The number of fused-ring (bicyclic) bond motifs is 1. The number of piperazine rings is 1. The molecule has 0 saturated carbocycles. The first-order valence-corrected chi connectivity index (χ1v) is 13.7. The van der Waals surface area contributed by atoms with Crippen molar-refractivity contribution in [1.29, 1.82) is 0 Å². The largest absolute Gasteiger partial charge is 0.501 e. The first kappa shape index (κ1) is 26.3. The Balaban J connectivity index is 1.22. The summed E-state index contributed by atoms with van der Waals surface area (Å²) >= 11 is 0. The van der Waals surface area contributed by atoms with E-state index in [0.717, 1.165) is 74.7 Å². The summed E-state index contributed by atoms with van der Waals surface area (Å²) in [6, 6.07) is 16.6. The molecule has 0 bridgehead atoms. The molecule has 1 saturated heterocycles. The summed E-state index contributed by atoms with van der Waals surface area (Å²) in [4.78, 5) is 20.3. The van der Waals surface area contributed by atoms with Crippen LogP contribution in [-0.4, -0.2) is 80.6 Å². The second kappa shape index (κ2) is 12.0. The van der Waals surface area contributed by atoms with Gasteiger partial charge in [0.25, 0.3) is 0 Å². The predicted octanol–water partition coefficient (Wildman–Crippen LogP) is 4.28. The van der Waals surface area contributed by atoms with Crippen LogP contribution in [0, 0.1) is 0 Å². The van der Waals surface area contributed by atoms with Gasteiger partial charge in [-0.25, -0.2) is 0 Å². The predicted molar refractivity (Wildman–Crippen MR) is 151 cm³/mol. The van der Waals surface area contributed by atoms with Crippen LogP contribution in [0.25, 0.3) is 0 Å². The number of methoxy groups -OCH3 is 2. The molecule has 1 fully saturated rings. The lowest BCUT2D eigenvalue weighted by Crippen LogP contribution is -2.51. The molecule has 38 heavy (non-hydrogen) atoms. The molecular weight excluding hydrogens is 476 g/mol. The lowest BCUT2D eigenvalue weighted by atomic mass is 9.83. The molecule has 7 nitrogen and oxygen atoms in total. The van der Waals surface area contributed by atoms with E-state index >= 15 is 0 Å². The standard InChI is InChI=1S/C31H40N4O3/c1-33-16-18-34(19-17-33)29-12-13-30(38-3)27-14-15-35(22-28(27)29)31(36)20-23-4-8-25(9-5-23)32-21-24-6-10-26(37-2)11-7-24/h4-11,22,29,32H,12-21H2,1-3H3. The Morgan fingerprint density at radius 1 is 0.895 bits per heavy atom. The zero-order valence-corrected chi connectivity index (χ0v) is 22.9. The van der Waals surface area contributed by atoms with E-state index in [1.807, 2.05) is 29.2 Å². The fourth-order valence-corrected chi connectivity index (χ4v) is 5.75. The Bertz CT molecular complexity index is 1160. The summed E-state index contributed by atoms with van der Waals surface area (Å²) in [6.45, 7) is 5.77. The van der Waals surface area contributed by atoms with E-state index in [1.165, 1.54) is 16.7 Å². The Kier molecular flexibility index (Phi) is 8.35. The van der Waals surface area contributed by atoms with Crippen molar-refractivity contribution in [3.63, 3.8) is 0 Å². The van der Waals surface area contributed by atoms with Gasteiger partial charge in [-0.1, -0.05) is 24.3 Å². The number of nitrogens with zero attached hydrogens (tertiary/aromatic N) is 3. The Labute approximate surface area is 226 Å². The van der Waals surface area contributed by atoms with Crippen LogP contribution in [0.4, 0.5) is 5.69 Å². The van der Waals surface area contributed by atoms with Gasteiger partial charge in [0, 0.05) is 63.6 Å². The number of amides is 1. The van der Waals surface area contributed by atoms with Crippen molar-refractivity contribution in [2.75, 3.05) is 59.3 Å². The van der Waals surface area contributed by atoms with Crippen LogP contribution >= 0.6 is 0 Å². The number of carbonyl (C=O) groups excluding carboxylic acids is 1. The highest BCUT2D eigenvalue weighted by Crippen LogP contribution is 2.38. The van der Waals surface area contributed by atoms with Crippen LogP contribution < -0.4 is 10.1 Å². The van der Waals surface area contributed by atoms with Crippen molar-refractivity contribution in [3.05, 3.63) is 82.8 Å². The van der Waals surface area contributed by atoms with E-state index in [2.05, 4.69) is 52.6 Å². The molecule has 2 aromatic rings. The van der Waals surface area contributed by atoms with Gasteiger partial charge in [-0.2, -0.15) is 0 Å². The summed E-state index contributed by atoms with van der Waals surface area (Å²) in [5.74, 6) is 2.11. The molecule has 2 aliphatic heterocycles. The van der Waals surface area contributed by atoms with E-state index in [9.17, 15) is 4.79 Å². The molecule has 5 rings (SSSR count). The van der Waals surface area contributed by atoms with Gasteiger partial charge < -0.3 is 24.6 Å². The third-order valence-electron chi connectivity index (χ3n) is 8.10. The number of nitrogens with one attached hydrogen (secondary N) is 1. The second-order valence-electron chi connectivity index (χ2n) is 10.5. The molecule has 1 unspecified atom stereocenters. The second-order valence-corrected chi connectivity index (χ2v) is 10.5. The SMILES string of the molecule is COC1=C2CCN(C(=O)Cc3ccc(NCc4ccc(OC)cc4)cc3)C=C2C(N2CCN(C)CC2)CC1. The van der Waals surface area contributed by atoms with Crippen molar-refractivity contribution in [2.45, 2.75) is 38.3 Å². The van der Waals surface area contributed by atoms with Crippen LogP contribution in [0.3, 0.4) is 0 Å². The van der Waals surface area contributed by atoms with Gasteiger partial charge in [0.05, 0.1) is 26.4 Å². The summed E-state index contributed by atoms with van der Waals surface area (Å²) in [6.07, 6.45) is 5.42. The molecule has 0 aromatic heterocycles. The van der Waals surface area contributed by atoms with Gasteiger partial charge in [0.2, 0.25) is 5.91 Å². The fourth-order valence-electron chi connectivity index (χ4n) is 5.75. The van der Waals surface area contributed by atoms with E-state index in [4.69, 9.17) is 9.47 Å². The molecule has 3 aliphatic rings. The zero-order valence-electron chi connectivity index (χ0n) is 22.9. The van der Waals surface area contributed by atoms with Crippen molar-refractivity contribution < 1.29 is 14.3 Å². The third kappa shape index (κ3) is 6.05. The molecular formula is C31H40N4O3. The van der Waals surface area contributed by atoms with Gasteiger partial charge in [-0.3, -0.25) is 9.69 Å². The highest BCUT2D eigenvalue weighted by molar-refractivity contribution is 5.80. The van der Waals surface area contributed by atoms with Crippen LogP contribution in [-0.2, 0) is 22.5 Å². The highest BCUT2D eigenvalue weighted by atomic mass is 16.5. The van der Waals surface area contributed by atoms with E-state index in [0.29, 0.717) is 19.0 Å². The number of allylic oxidation sites excluding steroid dienone is 1.